The number of hydrogen-bond donors (Lipinski definition) is 0. The first-order valence-electron chi connectivity index (χ1n) is 3.82. The SMILES string of the molecule is COP(C)(=O)OC(=O)C(C)OC(C)=O. The summed E-state index contributed by atoms with van der Waals surface area (Å²) >= 11 is 0. The minimum Gasteiger partial charge on any atom is -0.451 e. The van der Waals surface area contributed by atoms with Gasteiger partial charge in [0.2, 0.25) is 0 Å². The second-order valence-corrected chi connectivity index (χ2v) is 4.71. The molecule has 0 bridgehead atoms. The Labute approximate surface area is 82.1 Å². The van der Waals surface area contributed by atoms with Crippen molar-refractivity contribution in [1.29, 1.82) is 0 Å². The van der Waals surface area contributed by atoms with Crippen molar-refractivity contribution in [2.24, 2.45) is 0 Å². The lowest BCUT2D eigenvalue weighted by Crippen LogP contribution is -2.24. The topological polar surface area (TPSA) is 78.9 Å². The van der Waals surface area contributed by atoms with Gasteiger partial charge in [0.1, 0.15) is 0 Å². The van der Waals surface area contributed by atoms with Gasteiger partial charge in [0.25, 0.3) is 0 Å². The summed E-state index contributed by atoms with van der Waals surface area (Å²) in [6, 6.07) is 0. The maximum atomic E-state index is 11.2. The number of hydrogen-bond acceptors (Lipinski definition) is 6. The molecule has 0 aliphatic rings. The molecule has 0 saturated heterocycles. The lowest BCUT2D eigenvalue weighted by molar-refractivity contribution is -0.159. The van der Waals surface area contributed by atoms with Gasteiger partial charge in [-0.1, -0.05) is 0 Å². The van der Waals surface area contributed by atoms with Crippen molar-refractivity contribution in [1.82, 2.24) is 0 Å². The average Bonchev–Trinajstić information content (AvgIpc) is 2.02. The molecule has 0 heterocycles. The van der Waals surface area contributed by atoms with E-state index >= 15 is 0 Å². The van der Waals surface area contributed by atoms with Gasteiger partial charge in [-0.15, -0.1) is 0 Å². The van der Waals surface area contributed by atoms with Gasteiger partial charge < -0.3 is 13.8 Å². The molecule has 0 saturated carbocycles. The van der Waals surface area contributed by atoms with E-state index in [2.05, 4.69) is 13.8 Å². The van der Waals surface area contributed by atoms with Gasteiger partial charge in [-0.2, -0.15) is 0 Å². The number of esters is 1. The van der Waals surface area contributed by atoms with Gasteiger partial charge in [0.15, 0.2) is 6.10 Å². The molecule has 14 heavy (non-hydrogen) atoms. The third-order valence-corrected chi connectivity index (χ3v) is 2.44. The number of ether oxygens (including phenoxy) is 1. The standard InChI is InChI=1S/C7H13O6P/c1-5(12-6(2)8)7(9)13-14(4,10)11-3/h5H,1-4H3. The fourth-order valence-corrected chi connectivity index (χ4v) is 1.12. The fraction of sp³-hybridized carbons (Fsp3) is 0.714. The molecule has 0 N–H and O–H groups in total. The summed E-state index contributed by atoms with van der Waals surface area (Å²) in [7, 11) is -2.21. The Morgan fingerprint density at radius 3 is 2.21 bits per heavy atom. The van der Waals surface area contributed by atoms with E-state index in [1.165, 1.54) is 6.92 Å². The van der Waals surface area contributed by atoms with Crippen molar-refractivity contribution in [3.05, 3.63) is 0 Å². The van der Waals surface area contributed by atoms with Crippen molar-refractivity contribution >= 4 is 19.5 Å². The van der Waals surface area contributed by atoms with Crippen molar-refractivity contribution in [2.45, 2.75) is 20.0 Å². The molecule has 0 spiro atoms. The van der Waals surface area contributed by atoms with E-state index in [1.54, 1.807) is 0 Å². The Kier molecular flexibility index (Phi) is 4.80. The van der Waals surface area contributed by atoms with Gasteiger partial charge in [0.05, 0.1) is 0 Å². The van der Waals surface area contributed by atoms with Crippen LogP contribution in [-0.2, 0) is 27.9 Å². The van der Waals surface area contributed by atoms with Crippen LogP contribution < -0.4 is 0 Å². The normalized spacial score (nSPS) is 16.6. The molecule has 0 aliphatic carbocycles. The Balaban J connectivity index is 4.21. The summed E-state index contributed by atoms with van der Waals surface area (Å²) in [4.78, 5) is 21.6. The van der Waals surface area contributed by atoms with Crippen molar-refractivity contribution < 1.29 is 27.9 Å². The van der Waals surface area contributed by atoms with Crippen LogP contribution in [0.5, 0.6) is 0 Å². The molecular formula is C7H13O6P. The second-order valence-electron chi connectivity index (χ2n) is 2.62. The zero-order chi connectivity index (χ0) is 11.4. The minimum absolute atomic E-state index is 0.613. The summed E-state index contributed by atoms with van der Waals surface area (Å²) in [5, 5.41) is 0. The third kappa shape index (κ3) is 4.99. The lowest BCUT2D eigenvalue weighted by Gasteiger charge is -2.14. The van der Waals surface area contributed by atoms with Crippen molar-refractivity contribution in [2.75, 3.05) is 13.8 Å². The van der Waals surface area contributed by atoms with Crippen LogP contribution in [0.3, 0.4) is 0 Å². The Morgan fingerprint density at radius 2 is 1.86 bits per heavy atom. The molecular weight excluding hydrogens is 211 g/mol. The number of carbonyl (C=O) groups excluding carboxylic acids is 2. The largest absolute Gasteiger partial charge is 0.451 e. The van der Waals surface area contributed by atoms with Crippen LogP contribution in [0.4, 0.5) is 0 Å². The highest BCUT2D eigenvalue weighted by molar-refractivity contribution is 7.53. The van der Waals surface area contributed by atoms with Gasteiger partial charge in [0, 0.05) is 20.7 Å². The van der Waals surface area contributed by atoms with Crippen LogP contribution in [0.2, 0.25) is 0 Å². The maximum absolute atomic E-state index is 11.2. The molecule has 0 fully saturated rings. The Morgan fingerprint density at radius 1 is 1.36 bits per heavy atom. The molecule has 2 unspecified atom stereocenters. The summed E-state index contributed by atoms with van der Waals surface area (Å²) in [6.07, 6.45) is -1.09. The van der Waals surface area contributed by atoms with E-state index in [-0.39, 0.29) is 0 Å². The summed E-state index contributed by atoms with van der Waals surface area (Å²) in [5.41, 5.74) is 0. The van der Waals surface area contributed by atoms with Crippen LogP contribution in [0.25, 0.3) is 0 Å². The van der Waals surface area contributed by atoms with Crippen molar-refractivity contribution in [3.8, 4) is 0 Å². The lowest BCUT2D eigenvalue weighted by atomic mass is 10.4. The average molecular weight is 224 g/mol. The molecule has 6 nitrogen and oxygen atoms in total. The number of carbonyl (C=O) groups is 2. The first-order valence-corrected chi connectivity index (χ1v) is 5.81. The third-order valence-electron chi connectivity index (χ3n) is 1.26. The Bertz CT molecular complexity index is 273. The molecule has 0 radical (unpaired) electrons. The van der Waals surface area contributed by atoms with Crippen molar-refractivity contribution in [3.63, 3.8) is 0 Å². The van der Waals surface area contributed by atoms with E-state index in [1.807, 2.05) is 0 Å². The predicted molar refractivity (Wildman–Crippen MR) is 47.9 cm³/mol. The van der Waals surface area contributed by atoms with E-state index < -0.39 is 25.6 Å². The van der Waals surface area contributed by atoms with E-state index in [9.17, 15) is 14.2 Å². The number of rotatable bonds is 4. The first kappa shape index (κ1) is 13.1. The van der Waals surface area contributed by atoms with Crippen LogP contribution in [-0.4, -0.2) is 31.8 Å². The zero-order valence-corrected chi connectivity index (χ0v) is 9.37. The fourth-order valence-electron chi connectivity index (χ4n) is 0.572. The molecule has 7 heteroatoms. The van der Waals surface area contributed by atoms with Gasteiger partial charge in [-0.25, -0.2) is 9.36 Å². The van der Waals surface area contributed by atoms with Crippen LogP contribution in [0, 0.1) is 0 Å². The Hall–Kier alpha value is -0.870. The molecule has 0 aromatic heterocycles. The van der Waals surface area contributed by atoms with E-state index in [4.69, 9.17) is 0 Å². The quantitative estimate of drug-likeness (QED) is 0.522. The molecule has 0 rings (SSSR count). The van der Waals surface area contributed by atoms with E-state index in [0.717, 1.165) is 20.7 Å². The van der Waals surface area contributed by atoms with Gasteiger partial charge >= 0.3 is 19.5 Å². The predicted octanol–water partition coefficient (Wildman–Crippen LogP) is 0.950. The zero-order valence-electron chi connectivity index (χ0n) is 8.47. The molecule has 0 aromatic rings. The van der Waals surface area contributed by atoms with Crippen LogP contribution >= 0.6 is 7.60 Å². The maximum Gasteiger partial charge on any atom is 0.378 e. The summed E-state index contributed by atoms with van der Waals surface area (Å²) < 4.78 is 24.6. The molecule has 2 atom stereocenters. The van der Waals surface area contributed by atoms with Gasteiger partial charge in [-0.3, -0.25) is 4.79 Å². The monoisotopic (exact) mass is 224 g/mol. The molecule has 0 aromatic carbocycles. The summed E-state index contributed by atoms with van der Waals surface area (Å²) in [5.74, 6) is -1.51. The van der Waals surface area contributed by atoms with Crippen LogP contribution in [0.15, 0.2) is 0 Å². The van der Waals surface area contributed by atoms with Crippen LogP contribution in [0.1, 0.15) is 13.8 Å². The second kappa shape index (κ2) is 5.12. The highest BCUT2D eigenvalue weighted by Gasteiger charge is 2.26. The first-order chi connectivity index (χ1) is 6.28. The highest BCUT2D eigenvalue weighted by atomic mass is 31.2. The minimum atomic E-state index is -3.37. The molecule has 82 valence electrons. The molecule has 0 amide bonds. The van der Waals surface area contributed by atoms with E-state index in [0.29, 0.717) is 0 Å². The van der Waals surface area contributed by atoms with Gasteiger partial charge in [-0.05, 0) is 6.92 Å². The summed E-state index contributed by atoms with van der Waals surface area (Å²) in [6.45, 7) is 3.62. The smallest absolute Gasteiger partial charge is 0.378 e. The highest BCUT2D eigenvalue weighted by Crippen LogP contribution is 2.43. The molecule has 0 aliphatic heterocycles.